The minimum atomic E-state index is 0.437. The molecule has 1 aliphatic rings. The Labute approximate surface area is 143 Å². The van der Waals surface area contributed by atoms with Crippen molar-refractivity contribution in [3.8, 4) is 0 Å². The number of anilines is 2. The third kappa shape index (κ3) is 4.16. The summed E-state index contributed by atoms with van der Waals surface area (Å²) in [4.78, 5) is 6.74. The maximum absolute atomic E-state index is 5.98. The Bertz CT molecular complexity index is 706. The molecule has 124 valence electrons. The smallest absolute Gasteiger partial charge is 0.193 e. The number of aryl methyl sites for hydroxylation is 1. The van der Waals surface area contributed by atoms with Crippen LogP contribution in [0, 0.1) is 0 Å². The van der Waals surface area contributed by atoms with Gasteiger partial charge in [0.05, 0.1) is 6.54 Å². The Hall–Kier alpha value is -2.75. The number of nitrogens with two attached hydrogens (primary N) is 1. The van der Waals surface area contributed by atoms with Crippen molar-refractivity contribution >= 4 is 17.3 Å². The standard InChI is InChI=1S/C20H24N4/c1-2-16-5-9-18(10-6-16)23-20(21)22-15-17-7-11-19(12-8-17)24-13-3-4-14-24/h3-12H,2,13-15H2,1H3,(H3,21,22,23). The van der Waals surface area contributed by atoms with Crippen LogP contribution in [0.15, 0.2) is 65.7 Å². The molecule has 0 amide bonds. The average molecular weight is 320 g/mol. The summed E-state index contributed by atoms with van der Waals surface area (Å²) in [5, 5.41) is 3.13. The van der Waals surface area contributed by atoms with E-state index in [0.29, 0.717) is 12.5 Å². The summed E-state index contributed by atoms with van der Waals surface area (Å²) in [6.45, 7) is 4.70. The van der Waals surface area contributed by atoms with Gasteiger partial charge in [0.1, 0.15) is 0 Å². The van der Waals surface area contributed by atoms with E-state index in [1.165, 1.54) is 11.3 Å². The molecule has 0 saturated carbocycles. The SMILES string of the molecule is CCc1ccc(NC(N)=NCc2ccc(N3CC=CC3)cc2)cc1. The van der Waals surface area contributed by atoms with E-state index in [-0.39, 0.29) is 0 Å². The van der Waals surface area contributed by atoms with Crippen LogP contribution in [0.3, 0.4) is 0 Å². The van der Waals surface area contributed by atoms with Crippen molar-refractivity contribution in [2.75, 3.05) is 23.3 Å². The van der Waals surface area contributed by atoms with Gasteiger partial charge in [-0.25, -0.2) is 4.99 Å². The molecular weight excluding hydrogens is 296 g/mol. The fraction of sp³-hybridized carbons (Fsp3) is 0.250. The van der Waals surface area contributed by atoms with Gasteiger partial charge >= 0.3 is 0 Å². The lowest BCUT2D eigenvalue weighted by atomic mass is 10.1. The van der Waals surface area contributed by atoms with Crippen LogP contribution in [-0.4, -0.2) is 19.0 Å². The highest BCUT2D eigenvalue weighted by Gasteiger charge is 2.06. The van der Waals surface area contributed by atoms with Gasteiger partial charge < -0.3 is 16.0 Å². The quantitative estimate of drug-likeness (QED) is 0.503. The minimum Gasteiger partial charge on any atom is -0.370 e. The van der Waals surface area contributed by atoms with Gasteiger partial charge in [-0.2, -0.15) is 0 Å². The van der Waals surface area contributed by atoms with Crippen LogP contribution in [0.5, 0.6) is 0 Å². The lowest BCUT2D eigenvalue weighted by Gasteiger charge is -2.17. The van der Waals surface area contributed by atoms with Gasteiger partial charge in [-0.1, -0.05) is 43.3 Å². The molecule has 2 aromatic carbocycles. The second-order valence-corrected chi connectivity index (χ2v) is 5.92. The Morgan fingerprint density at radius 3 is 2.25 bits per heavy atom. The predicted octanol–water partition coefficient (Wildman–Crippen LogP) is 3.55. The number of aliphatic imine (C=N–C) groups is 1. The van der Waals surface area contributed by atoms with Crippen molar-refractivity contribution in [2.45, 2.75) is 19.9 Å². The second kappa shape index (κ2) is 7.68. The number of guanidine groups is 1. The van der Waals surface area contributed by atoms with Crippen molar-refractivity contribution in [1.29, 1.82) is 0 Å². The van der Waals surface area contributed by atoms with Crippen LogP contribution in [0.4, 0.5) is 11.4 Å². The molecule has 3 rings (SSSR count). The molecule has 0 atom stereocenters. The molecule has 0 radical (unpaired) electrons. The highest BCUT2D eigenvalue weighted by molar-refractivity contribution is 5.92. The predicted molar refractivity (Wildman–Crippen MR) is 103 cm³/mol. The highest BCUT2D eigenvalue weighted by atomic mass is 15.1. The van der Waals surface area contributed by atoms with Crippen LogP contribution in [-0.2, 0) is 13.0 Å². The first-order valence-electron chi connectivity index (χ1n) is 8.39. The van der Waals surface area contributed by atoms with Gasteiger partial charge in [0, 0.05) is 24.5 Å². The van der Waals surface area contributed by atoms with Gasteiger partial charge in [-0.05, 0) is 41.8 Å². The Kier molecular flexibility index (Phi) is 5.16. The molecule has 4 heteroatoms. The van der Waals surface area contributed by atoms with Crippen LogP contribution in [0.1, 0.15) is 18.1 Å². The molecular formula is C20H24N4. The lowest BCUT2D eigenvalue weighted by molar-refractivity contribution is 1.000. The minimum absolute atomic E-state index is 0.437. The normalized spacial score (nSPS) is 14.2. The molecule has 1 aliphatic heterocycles. The monoisotopic (exact) mass is 320 g/mol. The zero-order chi connectivity index (χ0) is 16.8. The van der Waals surface area contributed by atoms with Crippen LogP contribution < -0.4 is 16.0 Å². The zero-order valence-electron chi connectivity index (χ0n) is 14.1. The lowest BCUT2D eigenvalue weighted by Crippen LogP contribution is -2.22. The van der Waals surface area contributed by atoms with Crippen LogP contribution in [0.2, 0.25) is 0 Å². The van der Waals surface area contributed by atoms with E-state index in [9.17, 15) is 0 Å². The zero-order valence-corrected chi connectivity index (χ0v) is 14.1. The summed E-state index contributed by atoms with van der Waals surface area (Å²) >= 11 is 0. The van der Waals surface area contributed by atoms with Crippen molar-refractivity contribution in [1.82, 2.24) is 0 Å². The summed E-state index contributed by atoms with van der Waals surface area (Å²) in [5.41, 5.74) is 10.6. The Balaban J connectivity index is 1.55. The molecule has 0 spiro atoms. The fourth-order valence-electron chi connectivity index (χ4n) is 2.69. The number of nitrogens with one attached hydrogen (secondary N) is 1. The topological polar surface area (TPSA) is 53.6 Å². The number of benzene rings is 2. The van der Waals surface area contributed by atoms with Gasteiger partial charge in [-0.15, -0.1) is 0 Å². The average Bonchev–Trinajstić information content (AvgIpc) is 3.16. The Morgan fingerprint density at radius 1 is 1.00 bits per heavy atom. The summed E-state index contributed by atoms with van der Waals surface area (Å²) in [7, 11) is 0. The number of hydrogen-bond donors (Lipinski definition) is 2. The number of rotatable bonds is 5. The van der Waals surface area contributed by atoms with E-state index in [2.05, 4.69) is 70.7 Å². The highest BCUT2D eigenvalue weighted by Crippen LogP contribution is 2.18. The maximum Gasteiger partial charge on any atom is 0.193 e. The molecule has 0 fully saturated rings. The molecule has 0 bridgehead atoms. The van der Waals surface area contributed by atoms with Gasteiger partial charge in [0.2, 0.25) is 0 Å². The fourth-order valence-corrected chi connectivity index (χ4v) is 2.69. The molecule has 0 unspecified atom stereocenters. The molecule has 0 aliphatic carbocycles. The van der Waals surface area contributed by atoms with E-state index >= 15 is 0 Å². The van der Waals surface area contributed by atoms with E-state index in [1.54, 1.807) is 0 Å². The number of hydrogen-bond acceptors (Lipinski definition) is 2. The first-order chi connectivity index (χ1) is 11.7. The largest absolute Gasteiger partial charge is 0.370 e. The van der Waals surface area contributed by atoms with E-state index in [1.807, 2.05) is 12.1 Å². The summed E-state index contributed by atoms with van der Waals surface area (Å²) in [5.74, 6) is 0.437. The van der Waals surface area contributed by atoms with Gasteiger partial charge in [-0.3, -0.25) is 0 Å². The first kappa shape index (κ1) is 16.1. The van der Waals surface area contributed by atoms with E-state index in [4.69, 9.17) is 5.73 Å². The van der Waals surface area contributed by atoms with Gasteiger partial charge in [0.15, 0.2) is 5.96 Å². The molecule has 0 saturated heterocycles. The molecule has 3 N–H and O–H groups in total. The van der Waals surface area contributed by atoms with Gasteiger partial charge in [0.25, 0.3) is 0 Å². The van der Waals surface area contributed by atoms with Crippen molar-refractivity contribution in [2.24, 2.45) is 10.7 Å². The summed E-state index contributed by atoms with van der Waals surface area (Å²) in [6.07, 6.45) is 5.42. The summed E-state index contributed by atoms with van der Waals surface area (Å²) in [6, 6.07) is 16.8. The van der Waals surface area contributed by atoms with E-state index in [0.717, 1.165) is 30.8 Å². The first-order valence-corrected chi connectivity index (χ1v) is 8.39. The molecule has 2 aromatic rings. The molecule has 0 aromatic heterocycles. The van der Waals surface area contributed by atoms with Crippen molar-refractivity contribution in [3.05, 3.63) is 71.8 Å². The molecule has 4 nitrogen and oxygen atoms in total. The molecule has 24 heavy (non-hydrogen) atoms. The van der Waals surface area contributed by atoms with Crippen molar-refractivity contribution < 1.29 is 0 Å². The summed E-state index contributed by atoms with van der Waals surface area (Å²) < 4.78 is 0. The number of nitrogens with zero attached hydrogens (tertiary/aromatic N) is 2. The van der Waals surface area contributed by atoms with Crippen LogP contribution >= 0.6 is 0 Å². The maximum atomic E-state index is 5.98. The molecule has 1 heterocycles. The second-order valence-electron chi connectivity index (χ2n) is 5.92. The van der Waals surface area contributed by atoms with Crippen molar-refractivity contribution in [3.63, 3.8) is 0 Å². The Morgan fingerprint density at radius 2 is 1.62 bits per heavy atom. The van der Waals surface area contributed by atoms with E-state index < -0.39 is 0 Å². The van der Waals surface area contributed by atoms with Crippen LogP contribution in [0.25, 0.3) is 0 Å². The third-order valence-corrected chi connectivity index (χ3v) is 4.19. The third-order valence-electron chi connectivity index (χ3n) is 4.19.